The van der Waals surface area contributed by atoms with Crippen molar-refractivity contribution in [3.63, 3.8) is 0 Å². The number of hydrogen-bond acceptors (Lipinski definition) is 2. The van der Waals surface area contributed by atoms with Crippen molar-refractivity contribution in [2.75, 3.05) is 19.6 Å². The summed E-state index contributed by atoms with van der Waals surface area (Å²) in [6.45, 7) is 4.72. The monoisotopic (exact) mass is 238 g/mol. The molecule has 1 unspecified atom stereocenters. The molecule has 0 bridgehead atoms. The van der Waals surface area contributed by atoms with Gasteiger partial charge in [0, 0.05) is 19.1 Å². The lowest BCUT2D eigenvalue weighted by atomic mass is 10.00. The quantitative estimate of drug-likeness (QED) is 0.814. The molecule has 0 aromatic heterocycles. The molecule has 1 N–H and O–H groups in total. The van der Waals surface area contributed by atoms with E-state index in [2.05, 4.69) is 12.2 Å². The van der Waals surface area contributed by atoms with E-state index in [9.17, 15) is 4.79 Å². The molecule has 2 fully saturated rings. The second-order valence-electron chi connectivity index (χ2n) is 5.66. The lowest BCUT2D eigenvalue weighted by Crippen LogP contribution is -2.44. The molecule has 3 nitrogen and oxygen atoms in total. The summed E-state index contributed by atoms with van der Waals surface area (Å²) in [4.78, 5) is 14.0. The Labute approximate surface area is 105 Å². The number of amides is 1. The fraction of sp³-hybridized carbons (Fsp3) is 0.929. The molecule has 0 aromatic rings. The van der Waals surface area contributed by atoms with Crippen molar-refractivity contribution in [3.8, 4) is 0 Å². The summed E-state index contributed by atoms with van der Waals surface area (Å²) < 4.78 is 0. The fourth-order valence-electron chi connectivity index (χ4n) is 3.13. The first kappa shape index (κ1) is 12.9. The number of hydrogen-bond donors (Lipinski definition) is 1. The van der Waals surface area contributed by atoms with Crippen LogP contribution in [0.5, 0.6) is 0 Å². The number of piperidine rings is 1. The summed E-state index contributed by atoms with van der Waals surface area (Å²) in [5.41, 5.74) is 0. The van der Waals surface area contributed by atoms with E-state index in [1.807, 2.05) is 4.90 Å². The maximum atomic E-state index is 12.0. The summed E-state index contributed by atoms with van der Waals surface area (Å²) >= 11 is 0. The third-order valence-electron chi connectivity index (χ3n) is 4.39. The number of likely N-dealkylation sites (tertiary alicyclic amines) is 1. The van der Waals surface area contributed by atoms with Crippen molar-refractivity contribution in [1.29, 1.82) is 0 Å². The largest absolute Gasteiger partial charge is 0.342 e. The molecule has 0 spiro atoms. The van der Waals surface area contributed by atoms with E-state index >= 15 is 0 Å². The maximum absolute atomic E-state index is 12.0. The van der Waals surface area contributed by atoms with Gasteiger partial charge in [0.15, 0.2) is 0 Å². The van der Waals surface area contributed by atoms with Crippen molar-refractivity contribution in [2.24, 2.45) is 5.92 Å². The zero-order valence-corrected chi connectivity index (χ0v) is 11.1. The number of nitrogens with zero attached hydrogens (tertiary/aromatic N) is 1. The van der Waals surface area contributed by atoms with Crippen LogP contribution in [-0.4, -0.2) is 36.5 Å². The maximum Gasteiger partial charge on any atom is 0.236 e. The summed E-state index contributed by atoms with van der Waals surface area (Å²) in [6.07, 6.45) is 9.08. The number of nitrogens with one attached hydrogen (secondary N) is 1. The Morgan fingerprint density at radius 3 is 2.47 bits per heavy atom. The van der Waals surface area contributed by atoms with Crippen LogP contribution in [0.3, 0.4) is 0 Å². The van der Waals surface area contributed by atoms with Crippen molar-refractivity contribution < 1.29 is 4.79 Å². The highest BCUT2D eigenvalue weighted by Gasteiger charge is 2.22. The highest BCUT2D eigenvalue weighted by molar-refractivity contribution is 5.78. The number of carbonyl (C=O) groups excluding carboxylic acids is 1. The molecule has 1 aliphatic heterocycles. The molecule has 0 radical (unpaired) electrons. The van der Waals surface area contributed by atoms with Gasteiger partial charge in [-0.2, -0.15) is 0 Å². The van der Waals surface area contributed by atoms with E-state index in [1.165, 1.54) is 44.9 Å². The zero-order valence-electron chi connectivity index (χ0n) is 11.1. The van der Waals surface area contributed by atoms with Crippen LogP contribution in [0.4, 0.5) is 0 Å². The minimum atomic E-state index is 0.301. The summed E-state index contributed by atoms with van der Waals surface area (Å²) in [5, 5.41) is 3.43. The fourth-order valence-corrected chi connectivity index (χ4v) is 3.13. The third kappa shape index (κ3) is 3.70. The molecule has 2 rings (SSSR count). The molecule has 1 saturated heterocycles. The topological polar surface area (TPSA) is 32.3 Å². The van der Waals surface area contributed by atoms with Crippen LogP contribution in [0.15, 0.2) is 0 Å². The van der Waals surface area contributed by atoms with E-state index < -0.39 is 0 Å². The smallest absolute Gasteiger partial charge is 0.236 e. The first-order valence-electron chi connectivity index (χ1n) is 7.28. The number of rotatable bonds is 4. The Morgan fingerprint density at radius 2 is 1.82 bits per heavy atom. The standard InChI is InChI=1S/C14H26N2O/c1-12(13-7-3-4-8-13)15-11-14(17)16-9-5-2-6-10-16/h12-13,15H,2-11H2,1H3. The molecule has 0 aromatic carbocycles. The van der Waals surface area contributed by atoms with Crippen molar-refractivity contribution >= 4 is 5.91 Å². The lowest BCUT2D eigenvalue weighted by Gasteiger charge is -2.28. The molecule has 98 valence electrons. The molecule has 2 aliphatic rings. The summed E-state index contributed by atoms with van der Waals surface area (Å²) in [6, 6.07) is 0.506. The minimum Gasteiger partial charge on any atom is -0.342 e. The Morgan fingerprint density at radius 1 is 1.18 bits per heavy atom. The van der Waals surface area contributed by atoms with Crippen LogP contribution < -0.4 is 5.32 Å². The molecule has 1 saturated carbocycles. The van der Waals surface area contributed by atoms with Gasteiger partial charge in [-0.1, -0.05) is 12.8 Å². The van der Waals surface area contributed by atoms with Gasteiger partial charge in [-0.3, -0.25) is 4.79 Å². The Hall–Kier alpha value is -0.570. The first-order chi connectivity index (χ1) is 8.27. The molecule has 1 amide bonds. The van der Waals surface area contributed by atoms with Crippen LogP contribution >= 0.6 is 0 Å². The van der Waals surface area contributed by atoms with Gasteiger partial charge in [-0.15, -0.1) is 0 Å². The van der Waals surface area contributed by atoms with Crippen LogP contribution in [-0.2, 0) is 4.79 Å². The SMILES string of the molecule is CC(NCC(=O)N1CCCCC1)C1CCCC1. The molecular formula is C14H26N2O. The van der Waals surface area contributed by atoms with Crippen molar-refractivity contribution in [2.45, 2.75) is 57.9 Å². The van der Waals surface area contributed by atoms with E-state index in [4.69, 9.17) is 0 Å². The average Bonchev–Trinajstić information content (AvgIpc) is 2.90. The Balaban J connectivity index is 1.67. The second-order valence-corrected chi connectivity index (χ2v) is 5.66. The van der Waals surface area contributed by atoms with Crippen LogP contribution in [0.25, 0.3) is 0 Å². The van der Waals surface area contributed by atoms with E-state index in [0.29, 0.717) is 18.5 Å². The van der Waals surface area contributed by atoms with Gasteiger partial charge in [0.25, 0.3) is 0 Å². The van der Waals surface area contributed by atoms with Gasteiger partial charge in [-0.05, 0) is 44.9 Å². The second kappa shape index (κ2) is 6.39. The van der Waals surface area contributed by atoms with Gasteiger partial charge in [-0.25, -0.2) is 0 Å². The predicted molar refractivity (Wildman–Crippen MR) is 69.9 cm³/mol. The van der Waals surface area contributed by atoms with E-state index in [-0.39, 0.29) is 0 Å². The predicted octanol–water partition coefficient (Wildman–Crippen LogP) is 2.17. The minimum absolute atomic E-state index is 0.301. The highest BCUT2D eigenvalue weighted by atomic mass is 16.2. The normalized spacial score (nSPS) is 23.9. The summed E-state index contributed by atoms with van der Waals surface area (Å²) in [7, 11) is 0. The summed E-state index contributed by atoms with van der Waals surface area (Å²) in [5.74, 6) is 1.10. The molecule has 17 heavy (non-hydrogen) atoms. The van der Waals surface area contributed by atoms with Gasteiger partial charge < -0.3 is 10.2 Å². The van der Waals surface area contributed by atoms with E-state index in [0.717, 1.165) is 19.0 Å². The van der Waals surface area contributed by atoms with Crippen molar-refractivity contribution in [3.05, 3.63) is 0 Å². The molecule has 3 heteroatoms. The average molecular weight is 238 g/mol. The lowest BCUT2D eigenvalue weighted by molar-refractivity contribution is -0.131. The molecule has 1 heterocycles. The van der Waals surface area contributed by atoms with Gasteiger partial charge in [0.1, 0.15) is 0 Å². The van der Waals surface area contributed by atoms with Crippen LogP contribution in [0.1, 0.15) is 51.9 Å². The van der Waals surface area contributed by atoms with Crippen LogP contribution in [0.2, 0.25) is 0 Å². The Bertz CT molecular complexity index is 243. The first-order valence-corrected chi connectivity index (χ1v) is 7.28. The van der Waals surface area contributed by atoms with Gasteiger partial charge in [0.05, 0.1) is 6.54 Å². The molecule has 1 atom stereocenters. The van der Waals surface area contributed by atoms with E-state index in [1.54, 1.807) is 0 Å². The molecular weight excluding hydrogens is 212 g/mol. The van der Waals surface area contributed by atoms with Gasteiger partial charge in [0.2, 0.25) is 5.91 Å². The highest BCUT2D eigenvalue weighted by Crippen LogP contribution is 2.27. The van der Waals surface area contributed by atoms with Crippen LogP contribution in [0, 0.1) is 5.92 Å². The third-order valence-corrected chi connectivity index (χ3v) is 4.39. The number of carbonyl (C=O) groups is 1. The zero-order chi connectivity index (χ0) is 12.1. The van der Waals surface area contributed by atoms with Gasteiger partial charge >= 0.3 is 0 Å². The molecule has 1 aliphatic carbocycles. The Kier molecular flexibility index (Phi) is 4.84. The van der Waals surface area contributed by atoms with Crippen molar-refractivity contribution in [1.82, 2.24) is 10.2 Å².